The summed E-state index contributed by atoms with van der Waals surface area (Å²) >= 11 is 0. The molecule has 1 aliphatic rings. The Balaban J connectivity index is 0.000000861. The zero-order valence-electron chi connectivity index (χ0n) is 11.9. The van der Waals surface area contributed by atoms with Crippen molar-refractivity contribution in [2.24, 2.45) is 5.92 Å². The number of hydrogen-bond acceptors (Lipinski definition) is 2. The Hall–Kier alpha value is -1.51. The van der Waals surface area contributed by atoms with Gasteiger partial charge in [0.1, 0.15) is 5.75 Å². The summed E-state index contributed by atoms with van der Waals surface area (Å²) in [7, 11) is 0. The zero-order chi connectivity index (χ0) is 14.1. The molecule has 3 nitrogen and oxygen atoms in total. The fourth-order valence-electron chi connectivity index (χ4n) is 2.26. The monoisotopic (exact) mass is 264 g/mol. The molecule has 1 fully saturated rings. The Morgan fingerprint density at radius 1 is 1.16 bits per heavy atom. The van der Waals surface area contributed by atoms with Crippen LogP contribution in [0.4, 0.5) is 0 Å². The lowest BCUT2D eigenvalue weighted by Crippen LogP contribution is -2.15. The summed E-state index contributed by atoms with van der Waals surface area (Å²) in [6, 6.07) is 6.62. The van der Waals surface area contributed by atoms with E-state index >= 15 is 0 Å². The molecule has 2 rings (SSSR count). The quantitative estimate of drug-likeness (QED) is 0.878. The van der Waals surface area contributed by atoms with E-state index in [1.165, 1.54) is 32.1 Å². The van der Waals surface area contributed by atoms with Gasteiger partial charge in [-0.25, -0.2) is 4.79 Å². The lowest BCUT2D eigenvalue weighted by molar-refractivity contribution is 0.0697. The van der Waals surface area contributed by atoms with Gasteiger partial charge in [0.25, 0.3) is 0 Å². The van der Waals surface area contributed by atoms with Gasteiger partial charge in [0.15, 0.2) is 0 Å². The van der Waals surface area contributed by atoms with E-state index in [1.54, 1.807) is 24.3 Å². The lowest BCUT2D eigenvalue weighted by Gasteiger charge is -2.21. The Labute approximate surface area is 115 Å². The second-order valence-corrected chi connectivity index (χ2v) is 4.64. The fourth-order valence-corrected chi connectivity index (χ4v) is 2.26. The molecule has 0 amide bonds. The highest BCUT2D eigenvalue weighted by Gasteiger charge is 2.13. The molecule has 1 N–H and O–H groups in total. The van der Waals surface area contributed by atoms with Gasteiger partial charge in [0.2, 0.25) is 0 Å². The van der Waals surface area contributed by atoms with Gasteiger partial charge < -0.3 is 9.84 Å². The Morgan fingerprint density at radius 2 is 1.74 bits per heavy atom. The third kappa shape index (κ3) is 5.33. The van der Waals surface area contributed by atoms with E-state index in [4.69, 9.17) is 9.84 Å². The maximum atomic E-state index is 10.7. The normalized spacial score (nSPS) is 15.3. The van der Waals surface area contributed by atoms with Crippen LogP contribution in [-0.4, -0.2) is 17.7 Å². The van der Waals surface area contributed by atoms with Crippen molar-refractivity contribution < 1.29 is 14.6 Å². The number of carboxylic acids is 1. The van der Waals surface area contributed by atoms with Crippen LogP contribution in [0, 0.1) is 5.92 Å². The molecule has 0 unspecified atom stereocenters. The molecule has 0 radical (unpaired) electrons. The van der Waals surface area contributed by atoms with Crippen molar-refractivity contribution in [1.82, 2.24) is 0 Å². The molecule has 0 aliphatic heterocycles. The van der Waals surface area contributed by atoms with E-state index < -0.39 is 5.97 Å². The van der Waals surface area contributed by atoms with Crippen molar-refractivity contribution in [3.63, 3.8) is 0 Å². The lowest BCUT2D eigenvalue weighted by atomic mass is 9.90. The number of hydrogen-bond donors (Lipinski definition) is 1. The standard InChI is InChI=1S/C14H18O3.C2H6/c15-14(16)12-6-8-13(9-7-12)17-10-11-4-2-1-3-5-11;1-2/h6-9,11H,1-5,10H2,(H,15,16);1-2H3. The van der Waals surface area contributed by atoms with Crippen LogP contribution in [0.2, 0.25) is 0 Å². The summed E-state index contributed by atoms with van der Waals surface area (Å²) in [5.41, 5.74) is 0.301. The van der Waals surface area contributed by atoms with Crippen LogP contribution in [0.3, 0.4) is 0 Å². The Bertz CT molecular complexity index is 364. The summed E-state index contributed by atoms with van der Waals surface area (Å²) in [4.78, 5) is 10.7. The van der Waals surface area contributed by atoms with Gasteiger partial charge in [-0.2, -0.15) is 0 Å². The number of ether oxygens (including phenoxy) is 1. The van der Waals surface area contributed by atoms with Crippen molar-refractivity contribution in [2.45, 2.75) is 46.0 Å². The van der Waals surface area contributed by atoms with Crippen LogP contribution in [0.15, 0.2) is 24.3 Å². The smallest absolute Gasteiger partial charge is 0.335 e. The van der Waals surface area contributed by atoms with Crippen molar-refractivity contribution >= 4 is 5.97 Å². The predicted molar refractivity (Wildman–Crippen MR) is 76.8 cm³/mol. The SMILES string of the molecule is CC.O=C(O)c1ccc(OCC2CCCCC2)cc1. The first-order valence-corrected chi connectivity index (χ1v) is 7.22. The average molecular weight is 264 g/mol. The molecule has 0 atom stereocenters. The molecule has 3 heteroatoms. The summed E-state index contributed by atoms with van der Waals surface area (Å²) in [6.07, 6.45) is 6.49. The first-order valence-electron chi connectivity index (χ1n) is 7.22. The van der Waals surface area contributed by atoms with Crippen LogP contribution < -0.4 is 4.74 Å². The van der Waals surface area contributed by atoms with Crippen molar-refractivity contribution in [1.29, 1.82) is 0 Å². The molecule has 0 aromatic heterocycles. The van der Waals surface area contributed by atoms with E-state index in [-0.39, 0.29) is 0 Å². The molecule has 0 bridgehead atoms. The minimum absolute atomic E-state index is 0.301. The maximum Gasteiger partial charge on any atom is 0.335 e. The highest BCUT2D eigenvalue weighted by atomic mass is 16.5. The number of aromatic carboxylic acids is 1. The molecular weight excluding hydrogens is 240 g/mol. The molecule has 0 saturated heterocycles. The number of rotatable bonds is 4. The highest BCUT2D eigenvalue weighted by molar-refractivity contribution is 5.87. The van der Waals surface area contributed by atoms with Crippen molar-refractivity contribution in [2.75, 3.05) is 6.61 Å². The van der Waals surface area contributed by atoms with Crippen LogP contribution in [0.25, 0.3) is 0 Å². The maximum absolute atomic E-state index is 10.7. The van der Waals surface area contributed by atoms with E-state index in [9.17, 15) is 4.79 Å². The summed E-state index contributed by atoms with van der Waals surface area (Å²) in [5.74, 6) is 0.535. The minimum Gasteiger partial charge on any atom is -0.493 e. The highest BCUT2D eigenvalue weighted by Crippen LogP contribution is 2.24. The number of carbonyl (C=O) groups is 1. The topological polar surface area (TPSA) is 46.5 Å². The molecule has 1 aromatic carbocycles. The van der Waals surface area contributed by atoms with Gasteiger partial charge in [0, 0.05) is 0 Å². The van der Waals surface area contributed by atoms with Gasteiger partial charge in [-0.05, 0) is 43.0 Å². The van der Waals surface area contributed by atoms with Gasteiger partial charge >= 0.3 is 5.97 Å². The first-order chi connectivity index (χ1) is 9.25. The fraction of sp³-hybridized carbons (Fsp3) is 0.562. The summed E-state index contributed by atoms with van der Waals surface area (Å²) < 4.78 is 5.69. The Morgan fingerprint density at radius 3 is 2.26 bits per heavy atom. The molecule has 106 valence electrons. The molecule has 1 aliphatic carbocycles. The van der Waals surface area contributed by atoms with Crippen LogP contribution in [-0.2, 0) is 0 Å². The van der Waals surface area contributed by atoms with Crippen molar-refractivity contribution in [3.8, 4) is 5.75 Å². The molecule has 1 saturated carbocycles. The molecule has 0 heterocycles. The Kier molecular flexibility index (Phi) is 7.01. The molecule has 0 spiro atoms. The largest absolute Gasteiger partial charge is 0.493 e. The van der Waals surface area contributed by atoms with E-state index in [0.717, 1.165) is 12.4 Å². The van der Waals surface area contributed by atoms with E-state index in [1.807, 2.05) is 13.8 Å². The second-order valence-electron chi connectivity index (χ2n) is 4.64. The van der Waals surface area contributed by atoms with E-state index in [2.05, 4.69) is 0 Å². The number of carboxylic acid groups (broad SMARTS) is 1. The van der Waals surface area contributed by atoms with Crippen LogP contribution in [0.5, 0.6) is 5.75 Å². The van der Waals surface area contributed by atoms with Crippen LogP contribution >= 0.6 is 0 Å². The van der Waals surface area contributed by atoms with Crippen LogP contribution in [0.1, 0.15) is 56.3 Å². The minimum atomic E-state index is -0.899. The van der Waals surface area contributed by atoms with Gasteiger partial charge in [-0.1, -0.05) is 33.1 Å². The van der Waals surface area contributed by atoms with Gasteiger partial charge in [0.05, 0.1) is 12.2 Å². The molecule has 1 aromatic rings. The third-order valence-corrected chi connectivity index (χ3v) is 3.31. The predicted octanol–water partition coefficient (Wildman–Crippen LogP) is 4.37. The molecular formula is C16H24O3. The van der Waals surface area contributed by atoms with Crippen molar-refractivity contribution in [3.05, 3.63) is 29.8 Å². The van der Waals surface area contributed by atoms with Gasteiger partial charge in [-0.3, -0.25) is 0 Å². The second kappa shape index (κ2) is 8.57. The summed E-state index contributed by atoms with van der Waals surface area (Å²) in [5, 5.41) is 8.77. The first kappa shape index (κ1) is 15.5. The third-order valence-electron chi connectivity index (χ3n) is 3.31. The number of benzene rings is 1. The zero-order valence-corrected chi connectivity index (χ0v) is 11.9. The van der Waals surface area contributed by atoms with E-state index in [0.29, 0.717) is 11.5 Å². The average Bonchev–Trinajstić information content (AvgIpc) is 2.49. The van der Waals surface area contributed by atoms with Gasteiger partial charge in [-0.15, -0.1) is 0 Å². The summed E-state index contributed by atoms with van der Waals surface area (Å²) in [6.45, 7) is 4.76. The molecule has 19 heavy (non-hydrogen) atoms.